The molecule has 16 heavy (non-hydrogen) atoms. The molecule has 0 bridgehead atoms. The van der Waals surface area contributed by atoms with Gasteiger partial charge in [-0.15, -0.1) is 12.4 Å². The summed E-state index contributed by atoms with van der Waals surface area (Å²) < 4.78 is 27.0. The van der Waals surface area contributed by atoms with E-state index in [2.05, 4.69) is 5.32 Å². The summed E-state index contributed by atoms with van der Waals surface area (Å²) in [6, 6.07) is 8.76. The Labute approximate surface area is 101 Å². The van der Waals surface area contributed by atoms with Crippen LogP contribution in [-0.2, 0) is 6.42 Å². The van der Waals surface area contributed by atoms with Gasteiger partial charge in [-0.3, -0.25) is 0 Å². The maximum Gasteiger partial charge on any atom is 0.263 e. The second-order valence-corrected chi connectivity index (χ2v) is 4.06. The van der Waals surface area contributed by atoms with E-state index in [1.165, 1.54) is 0 Å². The smallest absolute Gasteiger partial charge is 0.263 e. The molecule has 0 spiro atoms. The standard InChI is InChI=1S/C12H15F2N.ClH/c13-12(14)7-4-8-15-11(12)9-10-5-2-1-3-6-10;/h1-3,5-6,11,15H,4,7-9H2;1H. The highest BCUT2D eigenvalue weighted by Gasteiger charge is 2.40. The minimum atomic E-state index is -2.56. The zero-order chi connectivity index (χ0) is 10.7. The minimum Gasteiger partial charge on any atom is -0.308 e. The summed E-state index contributed by atoms with van der Waals surface area (Å²) in [5.74, 6) is -2.56. The molecule has 0 aromatic heterocycles. The molecule has 1 atom stereocenters. The molecule has 1 saturated heterocycles. The third kappa shape index (κ3) is 3.16. The van der Waals surface area contributed by atoms with Crippen molar-refractivity contribution in [1.82, 2.24) is 5.32 Å². The summed E-state index contributed by atoms with van der Waals surface area (Å²) >= 11 is 0. The van der Waals surface area contributed by atoms with E-state index in [0.717, 1.165) is 5.56 Å². The van der Waals surface area contributed by atoms with Crippen molar-refractivity contribution in [1.29, 1.82) is 0 Å². The highest BCUT2D eigenvalue weighted by Crippen LogP contribution is 2.29. The minimum absolute atomic E-state index is 0. The number of alkyl halides is 2. The van der Waals surface area contributed by atoms with Gasteiger partial charge in [0.05, 0.1) is 6.04 Å². The van der Waals surface area contributed by atoms with Crippen molar-refractivity contribution < 1.29 is 8.78 Å². The predicted molar refractivity (Wildman–Crippen MR) is 63.4 cm³/mol. The second-order valence-electron chi connectivity index (χ2n) is 4.06. The van der Waals surface area contributed by atoms with Crippen molar-refractivity contribution >= 4 is 12.4 Å². The molecule has 1 aliphatic heterocycles. The van der Waals surface area contributed by atoms with Crippen LogP contribution in [0.3, 0.4) is 0 Å². The first-order chi connectivity index (χ1) is 7.18. The van der Waals surface area contributed by atoms with Gasteiger partial charge in [-0.1, -0.05) is 30.3 Å². The lowest BCUT2D eigenvalue weighted by molar-refractivity contribution is -0.0602. The molecule has 1 aromatic carbocycles. The first-order valence-corrected chi connectivity index (χ1v) is 5.33. The van der Waals surface area contributed by atoms with Gasteiger partial charge in [0.2, 0.25) is 0 Å². The van der Waals surface area contributed by atoms with Crippen LogP contribution in [-0.4, -0.2) is 18.5 Å². The summed E-state index contributed by atoms with van der Waals surface area (Å²) in [6.45, 7) is 0.701. The fraction of sp³-hybridized carbons (Fsp3) is 0.500. The molecule has 0 aliphatic carbocycles. The van der Waals surface area contributed by atoms with E-state index in [1.54, 1.807) is 0 Å². The molecule has 1 aromatic rings. The quantitative estimate of drug-likeness (QED) is 0.847. The molecule has 0 radical (unpaired) electrons. The molecule has 1 aliphatic rings. The molecule has 4 heteroatoms. The SMILES string of the molecule is Cl.FC1(F)CCCNC1Cc1ccccc1. The number of benzene rings is 1. The van der Waals surface area contributed by atoms with Crippen molar-refractivity contribution in [3.05, 3.63) is 35.9 Å². The van der Waals surface area contributed by atoms with Crippen LogP contribution in [0, 0.1) is 0 Å². The normalized spacial score (nSPS) is 23.5. The maximum absolute atomic E-state index is 13.5. The Bertz CT molecular complexity index is 316. The zero-order valence-electron chi connectivity index (χ0n) is 8.96. The summed E-state index contributed by atoms with van der Waals surface area (Å²) in [7, 11) is 0. The number of hydrogen-bond acceptors (Lipinski definition) is 1. The predicted octanol–water partition coefficient (Wildman–Crippen LogP) is 3.04. The molecule has 1 heterocycles. The van der Waals surface area contributed by atoms with Crippen molar-refractivity contribution in [2.24, 2.45) is 0 Å². The Kier molecular flexibility index (Phi) is 4.69. The number of piperidine rings is 1. The molecular formula is C12H16ClF2N. The Balaban J connectivity index is 0.00000128. The van der Waals surface area contributed by atoms with Gasteiger partial charge in [0.25, 0.3) is 5.92 Å². The van der Waals surface area contributed by atoms with E-state index < -0.39 is 12.0 Å². The van der Waals surface area contributed by atoms with Crippen LogP contribution < -0.4 is 5.32 Å². The average Bonchev–Trinajstić information content (AvgIpc) is 2.23. The average molecular weight is 248 g/mol. The van der Waals surface area contributed by atoms with Crippen LogP contribution in [0.5, 0.6) is 0 Å². The second kappa shape index (κ2) is 5.60. The van der Waals surface area contributed by atoms with Gasteiger partial charge >= 0.3 is 0 Å². The fourth-order valence-electron chi connectivity index (χ4n) is 2.00. The van der Waals surface area contributed by atoms with Crippen LogP contribution in [0.15, 0.2) is 30.3 Å². The number of rotatable bonds is 2. The zero-order valence-corrected chi connectivity index (χ0v) is 9.77. The van der Waals surface area contributed by atoms with Gasteiger partial charge in [-0.05, 0) is 24.9 Å². The molecule has 2 rings (SSSR count). The molecule has 1 fully saturated rings. The molecule has 1 nitrogen and oxygen atoms in total. The summed E-state index contributed by atoms with van der Waals surface area (Å²) in [6.07, 6.45) is 0.990. The molecular weight excluding hydrogens is 232 g/mol. The van der Waals surface area contributed by atoms with Crippen molar-refractivity contribution in [3.8, 4) is 0 Å². The van der Waals surface area contributed by atoms with E-state index in [9.17, 15) is 8.78 Å². The van der Waals surface area contributed by atoms with Crippen molar-refractivity contribution in [2.45, 2.75) is 31.2 Å². The summed E-state index contributed by atoms with van der Waals surface area (Å²) in [4.78, 5) is 0. The fourth-order valence-corrected chi connectivity index (χ4v) is 2.00. The lowest BCUT2D eigenvalue weighted by atomic mass is 9.94. The first kappa shape index (κ1) is 13.4. The summed E-state index contributed by atoms with van der Waals surface area (Å²) in [5.41, 5.74) is 0.969. The maximum atomic E-state index is 13.5. The molecule has 1 unspecified atom stereocenters. The lowest BCUT2D eigenvalue weighted by Crippen LogP contribution is -2.50. The highest BCUT2D eigenvalue weighted by molar-refractivity contribution is 5.85. The molecule has 1 N–H and O–H groups in total. The van der Waals surface area contributed by atoms with Crippen LogP contribution in [0.4, 0.5) is 8.78 Å². The highest BCUT2D eigenvalue weighted by atomic mass is 35.5. The van der Waals surface area contributed by atoms with E-state index in [-0.39, 0.29) is 18.8 Å². The van der Waals surface area contributed by atoms with E-state index in [1.807, 2.05) is 30.3 Å². The molecule has 0 amide bonds. The van der Waals surface area contributed by atoms with Crippen LogP contribution >= 0.6 is 12.4 Å². The first-order valence-electron chi connectivity index (χ1n) is 5.33. The number of hydrogen-bond donors (Lipinski definition) is 1. The molecule has 0 saturated carbocycles. The van der Waals surface area contributed by atoms with Gasteiger partial charge in [0, 0.05) is 6.42 Å². The van der Waals surface area contributed by atoms with Gasteiger partial charge < -0.3 is 5.32 Å². The van der Waals surface area contributed by atoms with Gasteiger partial charge in [0.1, 0.15) is 0 Å². The Morgan fingerprint density at radius 3 is 2.56 bits per heavy atom. The van der Waals surface area contributed by atoms with Gasteiger partial charge in [-0.2, -0.15) is 0 Å². The van der Waals surface area contributed by atoms with Gasteiger partial charge in [-0.25, -0.2) is 8.78 Å². The number of halogens is 3. The Morgan fingerprint density at radius 2 is 1.94 bits per heavy atom. The van der Waals surface area contributed by atoms with E-state index in [4.69, 9.17) is 0 Å². The monoisotopic (exact) mass is 247 g/mol. The van der Waals surface area contributed by atoms with Gasteiger partial charge in [0.15, 0.2) is 0 Å². The van der Waals surface area contributed by atoms with Crippen LogP contribution in [0.2, 0.25) is 0 Å². The Morgan fingerprint density at radius 1 is 1.25 bits per heavy atom. The summed E-state index contributed by atoms with van der Waals surface area (Å²) in [5, 5.41) is 2.91. The third-order valence-corrected chi connectivity index (χ3v) is 2.87. The largest absolute Gasteiger partial charge is 0.308 e. The van der Waals surface area contributed by atoms with E-state index in [0.29, 0.717) is 19.4 Å². The lowest BCUT2D eigenvalue weighted by Gasteiger charge is -2.32. The van der Waals surface area contributed by atoms with Crippen LogP contribution in [0.1, 0.15) is 18.4 Å². The van der Waals surface area contributed by atoms with Crippen molar-refractivity contribution in [2.75, 3.05) is 6.54 Å². The Hall–Kier alpha value is -0.670. The third-order valence-electron chi connectivity index (χ3n) is 2.87. The topological polar surface area (TPSA) is 12.0 Å². The van der Waals surface area contributed by atoms with E-state index >= 15 is 0 Å². The van der Waals surface area contributed by atoms with Crippen LogP contribution in [0.25, 0.3) is 0 Å². The number of nitrogens with one attached hydrogen (secondary N) is 1. The molecule has 90 valence electrons. The van der Waals surface area contributed by atoms with Crippen molar-refractivity contribution in [3.63, 3.8) is 0 Å².